The second-order valence-corrected chi connectivity index (χ2v) is 35.9. The second kappa shape index (κ2) is 20.8. The van der Waals surface area contributed by atoms with Crippen molar-refractivity contribution >= 4 is 36.8 Å². The summed E-state index contributed by atoms with van der Waals surface area (Å²) in [5.41, 5.74) is 0.973. The summed E-state index contributed by atoms with van der Waals surface area (Å²) in [6, 6.07) is 5.50. The van der Waals surface area contributed by atoms with Crippen molar-refractivity contribution in [1.29, 1.82) is 0 Å². The van der Waals surface area contributed by atoms with Crippen LogP contribution in [0.15, 0.2) is 41.9 Å². The molecule has 0 saturated heterocycles. The summed E-state index contributed by atoms with van der Waals surface area (Å²) in [6.45, 7) is 43.7. The van der Waals surface area contributed by atoms with Crippen molar-refractivity contribution in [2.75, 3.05) is 6.61 Å². The van der Waals surface area contributed by atoms with Crippen LogP contribution >= 0.6 is 0 Å². The van der Waals surface area contributed by atoms with Gasteiger partial charge in [-0.1, -0.05) is 108 Å². The van der Waals surface area contributed by atoms with E-state index in [2.05, 4.69) is 133 Å². The summed E-state index contributed by atoms with van der Waals surface area (Å²) < 4.78 is 36.8. The number of carbonyl (C=O) groups excluding carboxylic acids is 1. The number of halogens is 1. The van der Waals surface area contributed by atoms with E-state index >= 15 is 4.39 Å². The van der Waals surface area contributed by atoms with Gasteiger partial charge in [-0.05, 0) is 124 Å². The highest BCUT2D eigenvalue weighted by atomic mass is 28.4. The second-order valence-electron chi connectivity index (χ2n) is 21.6. The average Bonchev–Trinajstić information content (AvgIpc) is 3.04. The fraction of sp³-hybridized carbons (Fsp3) is 0.783. The van der Waals surface area contributed by atoms with Crippen LogP contribution in [0, 0.1) is 17.3 Å². The molecule has 56 heavy (non-hydrogen) atoms. The molecule has 1 aromatic heterocycles. The van der Waals surface area contributed by atoms with E-state index in [9.17, 15) is 9.90 Å². The van der Waals surface area contributed by atoms with Crippen molar-refractivity contribution < 1.29 is 27.6 Å². The fourth-order valence-electron chi connectivity index (χ4n) is 6.25. The van der Waals surface area contributed by atoms with E-state index in [0.29, 0.717) is 25.0 Å². The number of Topliss-reactive ketones (excluding diaryl/α,β-unsaturated/α-hetero) is 1. The molecule has 0 saturated carbocycles. The highest BCUT2D eigenvalue weighted by molar-refractivity contribution is 6.75. The molecule has 0 spiro atoms. The average molecular weight is 836 g/mol. The third kappa shape index (κ3) is 15.1. The number of hydrogen-bond donors (Lipinski definition) is 1. The number of aliphatic hydroxyl groups excluding tert-OH is 1. The lowest BCUT2D eigenvalue weighted by atomic mass is 9.71. The molecule has 1 aromatic rings. The van der Waals surface area contributed by atoms with Crippen LogP contribution in [0.4, 0.5) is 4.39 Å². The standard InChI is InChI=1S/C46H86FNO5Si3/c1-21-37(42(50)46(13,14)40(30-32-49)52-55(17,18)44(7,8)9)41(53-56(19,20)45(10,11)12)35(3)26-24-25-34(2)28-29-39(51-54(15,16)43(4,5)6)38(47)33-36-27-22-23-31-48-36/h22-23,27-28,31,33,35,37,39-41,49H,21,24-26,29-30,32H2,1-20H3/t35-,37+,39-,40-,41-/m0/s1. The summed E-state index contributed by atoms with van der Waals surface area (Å²) in [5, 5.41) is 10.1. The monoisotopic (exact) mass is 836 g/mol. The molecule has 324 valence electrons. The predicted octanol–water partition coefficient (Wildman–Crippen LogP) is 13.7. The number of carbonyl (C=O) groups is 1. The zero-order valence-corrected chi connectivity index (χ0v) is 42.7. The van der Waals surface area contributed by atoms with Gasteiger partial charge in [0.2, 0.25) is 0 Å². The van der Waals surface area contributed by atoms with Gasteiger partial charge in [0.1, 0.15) is 17.7 Å². The van der Waals surface area contributed by atoms with Crippen LogP contribution < -0.4 is 0 Å². The van der Waals surface area contributed by atoms with E-state index < -0.39 is 36.5 Å². The Balaban J connectivity index is 3.40. The van der Waals surface area contributed by atoms with E-state index in [4.69, 9.17) is 13.3 Å². The first kappa shape index (κ1) is 52.7. The molecule has 0 aliphatic carbocycles. The molecular weight excluding hydrogens is 750 g/mol. The molecule has 0 radical (unpaired) electrons. The quantitative estimate of drug-likeness (QED) is 0.0926. The van der Waals surface area contributed by atoms with Gasteiger partial charge in [-0.25, -0.2) is 4.39 Å². The number of ketones is 1. The van der Waals surface area contributed by atoms with Crippen molar-refractivity contribution in [1.82, 2.24) is 4.98 Å². The Morgan fingerprint density at radius 2 is 1.36 bits per heavy atom. The molecule has 0 aliphatic heterocycles. The van der Waals surface area contributed by atoms with Gasteiger partial charge in [0.15, 0.2) is 25.0 Å². The maximum Gasteiger partial charge on any atom is 0.193 e. The Morgan fingerprint density at radius 1 is 0.839 bits per heavy atom. The minimum absolute atomic E-state index is 0.0185. The van der Waals surface area contributed by atoms with E-state index in [1.54, 1.807) is 6.20 Å². The molecule has 1 heterocycles. The van der Waals surface area contributed by atoms with Gasteiger partial charge in [-0.2, -0.15) is 0 Å². The molecule has 5 atom stereocenters. The van der Waals surface area contributed by atoms with E-state index in [1.165, 1.54) is 11.6 Å². The van der Waals surface area contributed by atoms with Crippen LogP contribution in [0.1, 0.15) is 141 Å². The minimum atomic E-state index is -2.26. The first-order valence-corrected chi connectivity index (χ1v) is 30.1. The zero-order valence-electron chi connectivity index (χ0n) is 39.7. The van der Waals surface area contributed by atoms with E-state index in [-0.39, 0.29) is 57.4 Å². The lowest BCUT2D eigenvalue weighted by molar-refractivity contribution is -0.142. The Kier molecular flexibility index (Phi) is 19.6. The normalized spacial score (nSPS) is 17.4. The number of allylic oxidation sites excluding steroid dienone is 1. The number of hydrogen-bond acceptors (Lipinski definition) is 6. The molecule has 0 amide bonds. The van der Waals surface area contributed by atoms with Crippen molar-refractivity contribution in [3.8, 4) is 0 Å². The number of nitrogens with zero attached hydrogens (tertiary/aromatic N) is 1. The minimum Gasteiger partial charge on any atom is -0.413 e. The maximum atomic E-state index is 15.9. The summed E-state index contributed by atoms with van der Waals surface area (Å²) in [5.74, 6) is -0.312. The smallest absolute Gasteiger partial charge is 0.193 e. The third-order valence-electron chi connectivity index (χ3n) is 13.5. The largest absolute Gasteiger partial charge is 0.413 e. The number of aromatic nitrogens is 1. The van der Waals surface area contributed by atoms with Crippen molar-refractivity contribution in [3.05, 3.63) is 47.6 Å². The third-order valence-corrected chi connectivity index (χ3v) is 26.9. The molecule has 10 heteroatoms. The Bertz CT molecular complexity index is 1420. The Labute approximate surface area is 347 Å². The molecule has 0 fully saturated rings. The van der Waals surface area contributed by atoms with Gasteiger partial charge in [0.25, 0.3) is 0 Å². The lowest BCUT2D eigenvalue weighted by Crippen LogP contribution is -2.54. The summed E-state index contributed by atoms with van der Waals surface area (Å²) in [4.78, 5) is 19.2. The number of pyridine rings is 1. The fourth-order valence-corrected chi connectivity index (χ4v) is 10.4. The first-order chi connectivity index (χ1) is 25.3. The van der Waals surface area contributed by atoms with Gasteiger partial charge in [-0.3, -0.25) is 9.78 Å². The predicted molar refractivity (Wildman–Crippen MR) is 245 cm³/mol. The SMILES string of the molecule is CC[C@@H](C(=O)C(C)(C)[C@H](CCO)O[Si](C)(C)C(C)(C)C)[C@@H](O[Si](C)(C)C(C)(C)C)[C@@H](C)CCCC(C)=CC[C@H](O[Si](C)(C)C(C)(C)C)C(F)=Cc1ccccn1. The summed E-state index contributed by atoms with van der Waals surface area (Å²) in [6.07, 6.45) is 8.24. The van der Waals surface area contributed by atoms with Crippen LogP contribution in [0.3, 0.4) is 0 Å². The lowest BCUT2D eigenvalue weighted by Gasteiger charge is -2.47. The van der Waals surface area contributed by atoms with E-state index in [1.807, 2.05) is 32.0 Å². The highest BCUT2D eigenvalue weighted by Gasteiger charge is 2.50. The molecule has 1 rings (SSSR count). The van der Waals surface area contributed by atoms with Crippen LogP contribution in [-0.2, 0) is 18.1 Å². The van der Waals surface area contributed by atoms with Gasteiger partial charge in [-0.15, -0.1) is 0 Å². The Hall–Kier alpha value is -1.28. The number of rotatable bonds is 22. The molecule has 1 N–H and O–H groups in total. The molecule has 0 aromatic carbocycles. The molecule has 6 nitrogen and oxygen atoms in total. The van der Waals surface area contributed by atoms with Crippen LogP contribution in [0.5, 0.6) is 0 Å². The first-order valence-electron chi connectivity index (χ1n) is 21.4. The van der Waals surface area contributed by atoms with Crippen molar-refractivity contribution in [2.24, 2.45) is 17.3 Å². The van der Waals surface area contributed by atoms with Crippen LogP contribution in [0.25, 0.3) is 6.08 Å². The topological polar surface area (TPSA) is 77.9 Å². The van der Waals surface area contributed by atoms with Crippen LogP contribution in [-0.4, -0.2) is 65.7 Å². The zero-order chi connectivity index (χ0) is 43.7. The van der Waals surface area contributed by atoms with Gasteiger partial charge < -0.3 is 18.4 Å². The van der Waals surface area contributed by atoms with Crippen molar-refractivity contribution in [3.63, 3.8) is 0 Å². The van der Waals surface area contributed by atoms with Gasteiger partial charge in [0, 0.05) is 24.1 Å². The molecular formula is C46H86FNO5Si3. The summed E-state index contributed by atoms with van der Waals surface area (Å²) in [7, 11) is -6.76. The maximum absolute atomic E-state index is 15.9. The highest BCUT2D eigenvalue weighted by Crippen LogP contribution is 2.45. The molecule has 0 bridgehead atoms. The van der Waals surface area contributed by atoms with E-state index in [0.717, 1.165) is 19.3 Å². The molecule has 0 unspecified atom stereocenters. The molecule has 0 aliphatic rings. The van der Waals surface area contributed by atoms with Crippen LogP contribution in [0.2, 0.25) is 54.4 Å². The number of aliphatic hydroxyl groups is 1. The summed E-state index contributed by atoms with van der Waals surface area (Å²) >= 11 is 0. The van der Waals surface area contributed by atoms with Crippen molar-refractivity contribution in [2.45, 2.75) is 208 Å². The van der Waals surface area contributed by atoms with Gasteiger partial charge >= 0.3 is 0 Å². The Morgan fingerprint density at radius 3 is 1.82 bits per heavy atom. The van der Waals surface area contributed by atoms with Gasteiger partial charge in [0.05, 0.1) is 17.9 Å².